The molecule has 7 nitrogen and oxygen atoms in total. The van der Waals surface area contributed by atoms with E-state index < -0.39 is 30.1 Å². The predicted octanol–water partition coefficient (Wildman–Crippen LogP) is 2.20. The van der Waals surface area contributed by atoms with Gasteiger partial charge in [-0.15, -0.1) is 0 Å². The van der Waals surface area contributed by atoms with Gasteiger partial charge < -0.3 is 15.1 Å². The van der Waals surface area contributed by atoms with E-state index in [1.807, 2.05) is 0 Å². The Balaban J connectivity index is 2.41. The third-order valence-electron chi connectivity index (χ3n) is 4.62. The molecule has 0 spiro atoms. The van der Waals surface area contributed by atoms with Crippen molar-refractivity contribution in [3.63, 3.8) is 0 Å². The number of likely N-dealkylation sites (tertiary alicyclic amines) is 1. The molecule has 0 aromatic carbocycles. The number of carboxylic acids is 2. The third-order valence-corrected chi connectivity index (χ3v) is 5.76. The molecule has 0 radical (unpaired) electrons. The normalized spacial score (nSPS) is 19.3. The average Bonchev–Trinajstić information content (AvgIpc) is 3.08. The molecule has 0 unspecified atom stereocenters. The number of aliphatic carboxylic acids is 2. The molecule has 8 heteroatoms. The van der Waals surface area contributed by atoms with Crippen molar-refractivity contribution in [2.75, 3.05) is 18.1 Å². The van der Waals surface area contributed by atoms with Gasteiger partial charge in [0.25, 0.3) is 0 Å². The smallest absolute Gasteiger partial charge is 0.326 e. The predicted molar refractivity (Wildman–Crippen MR) is 102 cm³/mol. The Bertz CT molecular complexity index is 474. The molecule has 0 aromatic heterocycles. The summed E-state index contributed by atoms with van der Waals surface area (Å²) in [5.74, 6) is -1.03. The number of hydrogen-bond donors (Lipinski definition) is 3. The maximum Gasteiger partial charge on any atom is 0.326 e. The molecule has 1 heterocycles. The number of rotatable bonds is 13. The van der Waals surface area contributed by atoms with Crippen molar-refractivity contribution in [1.82, 2.24) is 10.2 Å². The molecular formula is C18H32N2O5S. The van der Waals surface area contributed by atoms with Gasteiger partial charge in [0, 0.05) is 12.3 Å². The lowest BCUT2D eigenvalue weighted by Gasteiger charge is -2.27. The van der Waals surface area contributed by atoms with E-state index in [-0.39, 0.29) is 5.91 Å². The van der Waals surface area contributed by atoms with Crippen molar-refractivity contribution >= 4 is 29.6 Å². The van der Waals surface area contributed by atoms with E-state index in [1.54, 1.807) is 18.7 Å². The number of unbranched alkanes of at least 4 members (excludes halogenated alkanes) is 4. The Hall–Kier alpha value is -1.28. The van der Waals surface area contributed by atoms with E-state index in [0.717, 1.165) is 18.6 Å². The fourth-order valence-electron chi connectivity index (χ4n) is 3.11. The van der Waals surface area contributed by atoms with Gasteiger partial charge in [-0.1, -0.05) is 32.6 Å². The molecule has 1 amide bonds. The maximum atomic E-state index is 12.5. The summed E-state index contributed by atoms with van der Waals surface area (Å²) < 4.78 is 0. The molecular weight excluding hydrogens is 356 g/mol. The van der Waals surface area contributed by atoms with Crippen LogP contribution in [0.2, 0.25) is 0 Å². The van der Waals surface area contributed by atoms with Crippen LogP contribution in [0.5, 0.6) is 0 Å². The highest BCUT2D eigenvalue weighted by Gasteiger charge is 2.36. The molecule has 1 aliphatic rings. The van der Waals surface area contributed by atoms with Crippen molar-refractivity contribution in [2.24, 2.45) is 0 Å². The van der Waals surface area contributed by atoms with Gasteiger partial charge in [0.05, 0.1) is 6.04 Å². The molecule has 0 aromatic rings. The van der Waals surface area contributed by atoms with Crippen LogP contribution in [0.3, 0.4) is 0 Å². The van der Waals surface area contributed by atoms with Crippen LogP contribution in [0.1, 0.15) is 58.8 Å². The lowest BCUT2D eigenvalue weighted by molar-refractivity contribution is -0.149. The zero-order valence-corrected chi connectivity index (χ0v) is 16.6. The van der Waals surface area contributed by atoms with Gasteiger partial charge in [0.1, 0.15) is 12.1 Å². The second-order valence-corrected chi connectivity index (χ2v) is 7.95. The number of thioether (sulfide) groups is 1. The van der Waals surface area contributed by atoms with Crippen LogP contribution in [0.4, 0.5) is 0 Å². The number of nitrogens with zero attached hydrogens (tertiary/aromatic N) is 1. The lowest BCUT2D eigenvalue weighted by atomic mass is 10.2. The van der Waals surface area contributed by atoms with E-state index >= 15 is 0 Å². The highest BCUT2D eigenvalue weighted by Crippen LogP contribution is 2.19. The minimum atomic E-state index is -1.00. The van der Waals surface area contributed by atoms with Crippen LogP contribution in [-0.4, -0.2) is 69.1 Å². The Morgan fingerprint density at radius 1 is 1.19 bits per heavy atom. The van der Waals surface area contributed by atoms with Crippen LogP contribution >= 0.6 is 11.8 Å². The largest absolute Gasteiger partial charge is 0.480 e. The summed E-state index contributed by atoms with van der Waals surface area (Å²) in [7, 11) is 0. The van der Waals surface area contributed by atoms with Crippen molar-refractivity contribution < 1.29 is 24.6 Å². The number of amides is 1. The summed E-state index contributed by atoms with van der Waals surface area (Å²) in [5.41, 5.74) is 0. The molecule has 0 saturated carbocycles. The summed E-state index contributed by atoms with van der Waals surface area (Å²) in [6.45, 7) is 4.18. The van der Waals surface area contributed by atoms with Crippen LogP contribution in [-0.2, 0) is 14.4 Å². The summed E-state index contributed by atoms with van der Waals surface area (Å²) in [4.78, 5) is 36.5. The van der Waals surface area contributed by atoms with E-state index in [4.69, 9.17) is 0 Å². The van der Waals surface area contributed by atoms with Crippen LogP contribution in [0.15, 0.2) is 0 Å². The van der Waals surface area contributed by atoms with Gasteiger partial charge in [-0.25, -0.2) is 4.79 Å². The van der Waals surface area contributed by atoms with Gasteiger partial charge in [0.15, 0.2) is 0 Å². The number of carboxylic acid groups (broad SMARTS) is 2. The number of hydrogen-bond acceptors (Lipinski definition) is 5. The number of nitrogens with one attached hydrogen (secondary N) is 1. The summed E-state index contributed by atoms with van der Waals surface area (Å²) in [6.07, 6.45) is 6.98. The average molecular weight is 389 g/mol. The van der Waals surface area contributed by atoms with Gasteiger partial charge in [-0.3, -0.25) is 14.9 Å². The third kappa shape index (κ3) is 7.53. The van der Waals surface area contributed by atoms with Gasteiger partial charge in [0.2, 0.25) is 5.91 Å². The highest BCUT2D eigenvalue weighted by molar-refractivity contribution is 7.99. The topological polar surface area (TPSA) is 107 Å². The van der Waals surface area contributed by atoms with E-state index in [0.29, 0.717) is 25.1 Å². The molecule has 1 fully saturated rings. The SMILES string of the molecule is CCCCCCCSC[C@H](N[C@@H](C)C(=O)N1CCC[C@H]1C(=O)O)C(=O)O. The van der Waals surface area contributed by atoms with Crippen LogP contribution in [0.25, 0.3) is 0 Å². The van der Waals surface area contributed by atoms with E-state index in [2.05, 4.69) is 12.2 Å². The fourth-order valence-corrected chi connectivity index (χ4v) is 4.16. The van der Waals surface area contributed by atoms with Gasteiger partial charge >= 0.3 is 11.9 Å². The molecule has 1 rings (SSSR count). The van der Waals surface area contributed by atoms with Gasteiger partial charge in [-0.05, 0) is 31.9 Å². The van der Waals surface area contributed by atoms with Crippen LogP contribution in [0, 0.1) is 0 Å². The first-order valence-electron chi connectivity index (χ1n) is 9.48. The molecule has 3 N–H and O–H groups in total. The Labute approximate surface area is 159 Å². The lowest BCUT2D eigenvalue weighted by Crippen LogP contribution is -2.53. The van der Waals surface area contributed by atoms with E-state index in [1.165, 1.54) is 24.2 Å². The summed E-state index contributed by atoms with van der Waals surface area (Å²) in [6, 6.07) is -2.34. The Morgan fingerprint density at radius 2 is 1.88 bits per heavy atom. The first-order chi connectivity index (χ1) is 12.4. The Kier molecular flexibility index (Phi) is 10.7. The maximum absolute atomic E-state index is 12.5. The first-order valence-corrected chi connectivity index (χ1v) is 10.6. The fraction of sp³-hybridized carbons (Fsp3) is 0.833. The number of carbonyl (C=O) groups excluding carboxylic acids is 1. The van der Waals surface area contributed by atoms with Crippen molar-refractivity contribution in [3.8, 4) is 0 Å². The van der Waals surface area contributed by atoms with Crippen molar-refractivity contribution in [3.05, 3.63) is 0 Å². The standard InChI is InChI=1S/C18H32N2O5S/c1-3-4-5-6-7-11-26-12-14(17(22)23)19-13(2)16(21)20-10-8-9-15(20)18(24)25/h13-15,19H,3-12H2,1-2H3,(H,22,23)(H,24,25)/t13-,14-,15-/m0/s1. The first kappa shape index (κ1) is 22.8. The summed E-state index contributed by atoms with van der Waals surface area (Å²) in [5, 5.41) is 21.4. The monoisotopic (exact) mass is 388 g/mol. The second kappa shape index (κ2) is 12.2. The van der Waals surface area contributed by atoms with E-state index in [9.17, 15) is 24.6 Å². The molecule has 26 heavy (non-hydrogen) atoms. The molecule has 1 saturated heterocycles. The molecule has 0 bridgehead atoms. The minimum Gasteiger partial charge on any atom is -0.480 e. The minimum absolute atomic E-state index is 0.342. The molecule has 150 valence electrons. The van der Waals surface area contributed by atoms with Gasteiger partial charge in [-0.2, -0.15) is 11.8 Å². The molecule has 3 atom stereocenters. The van der Waals surface area contributed by atoms with Crippen molar-refractivity contribution in [1.29, 1.82) is 0 Å². The second-order valence-electron chi connectivity index (χ2n) is 6.80. The van der Waals surface area contributed by atoms with Crippen LogP contribution < -0.4 is 5.32 Å². The highest BCUT2D eigenvalue weighted by atomic mass is 32.2. The van der Waals surface area contributed by atoms with Crippen molar-refractivity contribution in [2.45, 2.75) is 76.9 Å². The summed E-state index contributed by atoms with van der Waals surface area (Å²) >= 11 is 1.58. The molecule has 1 aliphatic heterocycles. The number of carbonyl (C=O) groups is 3. The zero-order chi connectivity index (χ0) is 19.5. The quantitative estimate of drug-likeness (QED) is 0.415. The Morgan fingerprint density at radius 3 is 2.50 bits per heavy atom. The zero-order valence-electron chi connectivity index (χ0n) is 15.8. The molecule has 0 aliphatic carbocycles.